The maximum atomic E-state index is 2.47. The number of hydrogen-bond donors (Lipinski definition) is 0. The Bertz CT molecular complexity index is 879. The van der Waals surface area contributed by atoms with Crippen LogP contribution in [0, 0.1) is 0 Å². The number of nitrogens with zero attached hydrogens (tertiary/aromatic N) is 1. The third-order valence-electron chi connectivity index (χ3n) is 4.97. The first-order valence-corrected chi connectivity index (χ1v) is 10.8. The molecular formula is C26H29NS. The van der Waals surface area contributed by atoms with E-state index in [-0.39, 0.29) is 0 Å². The molecule has 0 fully saturated rings. The van der Waals surface area contributed by atoms with Gasteiger partial charge in [-0.1, -0.05) is 91.8 Å². The van der Waals surface area contributed by atoms with Gasteiger partial charge in [0.2, 0.25) is 0 Å². The number of hydrogen-bond acceptors (Lipinski definition) is 2. The van der Waals surface area contributed by atoms with Crippen molar-refractivity contribution in [3.05, 3.63) is 102 Å². The van der Waals surface area contributed by atoms with Gasteiger partial charge >= 0.3 is 0 Å². The van der Waals surface area contributed by atoms with E-state index in [1.165, 1.54) is 32.1 Å². The van der Waals surface area contributed by atoms with Crippen molar-refractivity contribution in [1.29, 1.82) is 0 Å². The average molecular weight is 388 g/mol. The van der Waals surface area contributed by atoms with Gasteiger partial charge in [0.25, 0.3) is 0 Å². The zero-order chi connectivity index (χ0) is 19.8. The molecule has 0 amide bonds. The van der Waals surface area contributed by atoms with Gasteiger partial charge in [-0.3, -0.25) is 4.90 Å². The van der Waals surface area contributed by atoms with E-state index in [1.807, 2.05) is 0 Å². The topological polar surface area (TPSA) is 3.24 Å². The molecule has 0 saturated carbocycles. The van der Waals surface area contributed by atoms with Gasteiger partial charge < -0.3 is 0 Å². The molecule has 0 aliphatic rings. The van der Waals surface area contributed by atoms with Crippen molar-refractivity contribution in [2.75, 3.05) is 19.6 Å². The molecule has 0 spiro atoms. The molecule has 0 radical (unpaired) electrons. The summed E-state index contributed by atoms with van der Waals surface area (Å²) in [6, 6.07) is 30.3. The quantitative estimate of drug-likeness (QED) is 0.409. The summed E-state index contributed by atoms with van der Waals surface area (Å²) in [5, 5.41) is 0. The fourth-order valence-electron chi connectivity index (χ4n) is 3.44. The molecule has 0 atom stereocenters. The fourth-order valence-corrected chi connectivity index (χ4v) is 4.28. The third kappa shape index (κ3) is 5.37. The van der Waals surface area contributed by atoms with Crippen molar-refractivity contribution in [1.82, 2.24) is 4.90 Å². The number of rotatable bonds is 8. The summed E-state index contributed by atoms with van der Waals surface area (Å²) in [6.07, 6.45) is 0. The Balaban J connectivity index is 1.92. The Kier molecular flexibility index (Phi) is 7.53. The van der Waals surface area contributed by atoms with Crippen LogP contribution < -0.4 is 0 Å². The van der Waals surface area contributed by atoms with Gasteiger partial charge in [-0.2, -0.15) is 0 Å². The van der Waals surface area contributed by atoms with Crippen LogP contribution in [-0.2, 0) is 0 Å². The second-order valence-corrected chi connectivity index (χ2v) is 8.07. The van der Waals surface area contributed by atoms with Gasteiger partial charge in [0.05, 0.1) is 0 Å². The normalized spacial score (nSPS) is 12.1. The first kappa shape index (κ1) is 20.4. The van der Waals surface area contributed by atoms with Crippen molar-refractivity contribution < 1.29 is 0 Å². The molecule has 2 heteroatoms. The summed E-state index contributed by atoms with van der Waals surface area (Å²) >= 11 is 1.81. The minimum absolute atomic E-state index is 0.998. The maximum absolute atomic E-state index is 2.47. The third-order valence-corrected chi connectivity index (χ3v) is 5.98. The average Bonchev–Trinajstić information content (AvgIpc) is 2.75. The molecule has 0 aliphatic heterocycles. The van der Waals surface area contributed by atoms with E-state index in [0.29, 0.717) is 0 Å². The van der Waals surface area contributed by atoms with Crippen LogP contribution >= 0.6 is 11.8 Å². The molecule has 3 rings (SSSR count). The van der Waals surface area contributed by atoms with Crippen LogP contribution in [0.3, 0.4) is 0 Å². The zero-order valence-electron chi connectivity index (χ0n) is 17.1. The fraction of sp³-hybridized carbons (Fsp3) is 0.231. The zero-order valence-corrected chi connectivity index (χ0v) is 17.9. The van der Waals surface area contributed by atoms with Gasteiger partial charge in [0.1, 0.15) is 0 Å². The van der Waals surface area contributed by atoms with Crippen molar-refractivity contribution >= 4 is 17.3 Å². The summed E-state index contributed by atoms with van der Waals surface area (Å²) in [5.41, 5.74) is 5.34. The number of likely N-dealkylation sites (N-methyl/N-ethyl adjacent to an activating group) is 1. The molecule has 0 bridgehead atoms. The first-order chi connectivity index (χ1) is 13.7. The van der Waals surface area contributed by atoms with E-state index >= 15 is 0 Å². The molecule has 0 unspecified atom stereocenters. The first-order valence-electron chi connectivity index (χ1n) is 10.0. The Morgan fingerprint density at radius 2 is 1.18 bits per heavy atom. The van der Waals surface area contributed by atoms with Gasteiger partial charge in [0.15, 0.2) is 0 Å². The highest BCUT2D eigenvalue weighted by atomic mass is 32.2. The lowest BCUT2D eigenvalue weighted by atomic mass is 9.93. The van der Waals surface area contributed by atoms with E-state index in [9.17, 15) is 0 Å². The molecule has 0 N–H and O–H groups in total. The predicted molar refractivity (Wildman–Crippen MR) is 123 cm³/mol. The summed E-state index contributed by atoms with van der Waals surface area (Å²) in [7, 11) is 0. The lowest BCUT2D eigenvalue weighted by molar-refractivity contribution is 0.330. The minimum Gasteiger partial charge on any atom is -0.300 e. The van der Waals surface area contributed by atoms with E-state index < -0.39 is 0 Å². The standard InChI is InChI=1S/C26H29NS/c1-4-27(5-2)20-21(3)26(22-12-8-6-9-13-22)23-16-18-25(19-17-23)28-24-14-10-7-11-15-24/h6-19H,4-5,20H2,1-3H3. The van der Waals surface area contributed by atoms with E-state index in [2.05, 4.69) is 111 Å². The van der Waals surface area contributed by atoms with Crippen molar-refractivity contribution in [3.8, 4) is 0 Å². The Morgan fingerprint density at radius 3 is 1.75 bits per heavy atom. The predicted octanol–water partition coefficient (Wildman–Crippen LogP) is 7.00. The minimum atomic E-state index is 0.998. The Hall–Kier alpha value is -2.29. The molecule has 0 aliphatic carbocycles. The molecular weight excluding hydrogens is 358 g/mol. The van der Waals surface area contributed by atoms with Crippen LogP contribution in [0.5, 0.6) is 0 Å². The highest BCUT2D eigenvalue weighted by molar-refractivity contribution is 7.99. The summed E-state index contributed by atoms with van der Waals surface area (Å²) in [6.45, 7) is 9.87. The summed E-state index contributed by atoms with van der Waals surface area (Å²) in [5.74, 6) is 0. The Morgan fingerprint density at radius 1 is 0.679 bits per heavy atom. The van der Waals surface area contributed by atoms with E-state index in [1.54, 1.807) is 11.8 Å². The molecule has 0 aromatic heterocycles. The van der Waals surface area contributed by atoms with Gasteiger partial charge in [0, 0.05) is 16.3 Å². The van der Waals surface area contributed by atoms with Crippen molar-refractivity contribution in [2.45, 2.75) is 30.6 Å². The smallest absolute Gasteiger partial charge is 0.0199 e. The van der Waals surface area contributed by atoms with Gasteiger partial charge in [-0.25, -0.2) is 0 Å². The largest absolute Gasteiger partial charge is 0.300 e. The maximum Gasteiger partial charge on any atom is 0.0199 e. The SMILES string of the molecule is CCN(CC)CC(C)=C(c1ccccc1)c1ccc(Sc2ccccc2)cc1. The Labute approximate surface area is 174 Å². The summed E-state index contributed by atoms with van der Waals surface area (Å²) in [4.78, 5) is 5.01. The number of benzene rings is 3. The molecule has 0 heterocycles. The van der Waals surface area contributed by atoms with Crippen molar-refractivity contribution in [3.63, 3.8) is 0 Å². The van der Waals surface area contributed by atoms with Crippen LogP contribution in [0.4, 0.5) is 0 Å². The van der Waals surface area contributed by atoms with Crippen LogP contribution in [0.1, 0.15) is 31.9 Å². The van der Waals surface area contributed by atoms with E-state index in [4.69, 9.17) is 0 Å². The van der Waals surface area contributed by atoms with Crippen LogP contribution in [-0.4, -0.2) is 24.5 Å². The highest BCUT2D eigenvalue weighted by Gasteiger charge is 2.11. The van der Waals surface area contributed by atoms with Gasteiger partial charge in [-0.05, 0) is 61.0 Å². The van der Waals surface area contributed by atoms with Crippen LogP contribution in [0.25, 0.3) is 5.57 Å². The molecule has 28 heavy (non-hydrogen) atoms. The van der Waals surface area contributed by atoms with Crippen LogP contribution in [0.15, 0.2) is 100 Å². The molecule has 1 nitrogen and oxygen atoms in total. The lowest BCUT2D eigenvalue weighted by Gasteiger charge is -2.21. The lowest BCUT2D eigenvalue weighted by Crippen LogP contribution is -2.25. The second kappa shape index (κ2) is 10.3. The van der Waals surface area contributed by atoms with Crippen LogP contribution in [0.2, 0.25) is 0 Å². The monoisotopic (exact) mass is 387 g/mol. The molecule has 3 aromatic carbocycles. The molecule has 0 saturated heterocycles. The summed E-state index contributed by atoms with van der Waals surface area (Å²) < 4.78 is 0. The van der Waals surface area contributed by atoms with Gasteiger partial charge in [-0.15, -0.1) is 0 Å². The van der Waals surface area contributed by atoms with Crippen molar-refractivity contribution in [2.24, 2.45) is 0 Å². The van der Waals surface area contributed by atoms with E-state index in [0.717, 1.165) is 19.6 Å². The highest BCUT2D eigenvalue weighted by Crippen LogP contribution is 2.31. The molecule has 3 aromatic rings. The molecule has 144 valence electrons. The second-order valence-electron chi connectivity index (χ2n) is 6.92.